The Morgan fingerprint density at radius 1 is 1.30 bits per heavy atom. The molecule has 0 saturated carbocycles. The number of halogens is 1. The third kappa shape index (κ3) is 4.10. The van der Waals surface area contributed by atoms with E-state index in [9.17, 15) is 9.59 Å². The molecular formula is C21H18ClN3O4S. The number of benzene rings is 2. The lowest BCUT2D eigenvalue weighted by Crippen LogP contribution is -2.43. The van der Waals surface area contributed by atoms with Crippen LogP contribution in [0.2, 0.25) is 5.02 Å². The lowest BCUT2D eigenvalue weighted by Gasteiger charge is -2.28. The molecule has 1 aliphatic rings. The Labute approximate surface area is 182 Å². The van der Waals surface area contributed by atoms with Gasteiger partial charge in [0.1, 0.15) is 18.0 Å². The van der Waals surface area contributed by atoms with Crippen LogP contribution in [0, 0.1) is 6.92 Å². The molecule has 2 heterocycles. The van der Waals surface area contributed by atoms with Gasteiger partial charge in [-0.1, -0.05) is 11.6 Å². The van der Waals surface area contributed by atoms with Gasteiger partial charge in [0.05, 0.1) is 18.5 Å². The summed E-state index contributed by atoms with van der Waals surface area (Å²) in [5.41, 5.74) is 2.19. The highest BCUT2D eigenvalue weighted by molar-refractivity contribution is 7.16. The molecule has 2 aromatic carbocycles. The molecule has 7 nitrogen and oxygen atoms in total. The molecule has 154 valence electrons. The van der Waals surface area contributed by atoms with Crippen molar-refractivity contribution in [3.05, 3.63) is 52.4 Å². The first-order chi connectivity index (χ1) is 14.4. The Hall–Kier alpha value is -3.10. The van der Waals surface area contributed by atoms with Crippen molar-refractivity contribution in [2.24, 2.45) is 0 Å². The van der Waals surface area contributed by atoms with Crippen LogP contribution in [0.15, 0.2) is 42.5 Å². The van der Waals surface area contributed by atoms with Crippen molar-refractivity contribution in [1.82, 2.24) is 4.98 Å². The summed E-state index contributed by atoms with van der Waals surface area (Å²) >= 11 is 7.42. The van der Waals surface area contributed by atoms with Gasteiger partial charge in [0.25, 0.3) is 5.91 Å². The van der Waals surface area contributed by atoms with Crippen molar-refractivity contribution < 1.29 is 19.1 Å². The number of carbonyl (C=O) groups is 2. The predicted octanol–water partition coefficient (Wildman–Crippen LogP) is 4.14. The van der Waals surface area contributed by atoms with Gasteiger partial charge in [-0.15, -0.1) is 11.3 Å². The summed E-state index contributed by atoms with van der Waals surface area (Å²) in [6.07, 6.45) is 0. The molecule has 0 bridgehead atoms. The van der Waals surface area contributed by atoms with E-state index in [2.05, 4.69) is 10.3 Å². The molecule has 1 aromatic heterocycles. The van der Waals surface area contributed by atoms with Gasteiger partial charge < -0.3 is 14.8 Å². The smallest absolute Gasteiger partial charge is 0.265 e. The van der Waals surface area contributed by atoms with Gasteiger partial charge in [-0.3, -0.25) is 14.5 Å². The lowest BCUT2D eigenvalue weighted by atomic mass is 10.1. The standard InChI is InChI=1S/C21H18ClN3O4S/c1-12-20(13-3-6-15(28-2)7-4-13)24-21(30-12)23-18(26)10-25-16-9-14(22)5-8-17(16)29-11-19(25)27/h3-9H,10-11H2,1-2H3,(H,23,24,26). The fourth-order valence-electron chi connectivity index (χ4n) is 3.12. The third-order valence-electron chi connectivity index (χ3n) is 4.57. The topological polar surface area (TPSA) is 80.8 Å². The molecular weight excluding hydrogens is 426 g/mol. The van der Waals surface area contributed by atoms with E-state index in [0.717, 1.165) is 21.9 Å². The van der Waals surface area contributed by atoms with E-state index in [0.29, 0.717) is 21.6 Å². The SMILES string of the molecule is COc1ccc(-c2nc(NC(=O)CN3C(=O)COc4ccc(Cl)cc43)sc2C)cc1. The minimum atomic E-state index is -0.355. The van der Waals surface area contributed by atoms with E-state index in [1.54, 1.807) is 25.3 Å². The molecule has 0 aliphatic carbocycles. The molecule has 3 aromatic rings. The Morgan fingerprint density at radius 3 is 2.80 bits per heavy atom. The number of carbonyl (C=O) groups excluding carboxylic acids is 2. The first kappa shape index (κ1) is 20.2. The molecule has 1 N–H and O–H groups in total. The fraction of sp³-hybridized carbons (Fsp3) is 0.190. The summed E-state index contributed by atoms with van der Waals surface area (Å²) in [6.45, 7) is 1.66. The van der Waals surface area contributed by atoms with Crippen molar-refractivity contribution in [3.8, 4) is 22.8 Å². The van der Waals surface area contributed by atoms with Gasteiger partial charge in [0, 0.05) is 15.5 Å². The Morgan fingerprint density at radius 2 is 2.07 bits per heavy atom. The van der Waals surface area contributed by atoms with Gasteiger partial charge >= 0.3 is 0 Å². The van der Waals surface area contributed by atoms with Gasteiger partial charge in [-0.25, -0.2) is 4.98 Å². The number of thiazole rings is 1. The summed E-state index contributed by atoms with van der Waals surface area (Å²) in [7, 11) is 1.61. The number of hydrogen-bond donors (Lipinski definition) is 1. The minimum Gasteiger partial charge on any atom is -0.497 e. The number of rotatable bonds is 5. The van der Waals surface area contributed by atoms with Gasteiger partial charge in [-0.05, 0) is 49.4 Å². The average molecular weight is 444 g/mol. The highest BCUT2D eigenvalue weighted by Crippen LogP contribution is 2.35. The average Bonchev–Trinajstić information content (AvgIpc) is 3.10. The number of fused-ring (bicyclic) bond motifs is 1. The number of amides is 2. The molecule has 0 fully saturated rings. The van der Waals surface area contributed by atoms with Crippen molar-refractivity contribution in [1.29, 1.82) is 0 Å². The molecule has 0 unspecified atom stereocenters. The highest BCUT2D eigenvalue weighted by Gasteiger charge is 2.28. The third-order valence-corrected chi connectivity index (χ3v) is 5.69. The Kier molecular flexibility index (Phi) is 5.61. The van der Waals surface area contributed by atoms with Crippen molar-refractivity contribution >= 4 is 45.6 Å². The second-order valence-electron chi connectivity index (χ2n) is 6.58. The maximum atomic E-state index is 12.6. The quantitative estimate of drug-likeness (QED) is 0.640. The first-order valence-electron chi connectivity index (χ1n) is 9.09. The van der Waals surface area contributed by atoms with E-state index >= 15 is 0 Å². The van der Waals surface area contributed by atoms with Crippen LogP contribution >= 0.6 is 22.9 Å². The minimum absolute atomic E-state index is 0.125. The number of methoxy groups -OCH3 is 1. The largest absolute Gasteiger partial charge is 0.497 e. The van der Waals surface area contributed by atoms with Crippen LogP contribution in [-0.4, -0.2) is 37.1 Å². The summed E-state index contributed by atoms with van der Waals surface area (Å²) < 4.78 is 10.6. The van der Waals surface area contributed by atoms with Gasteiger partial charge in [0.2, 0.25) is 5.91 Å². The number of ether oxygens (including phenoxy) is 2. The molecule has 0 saturated heterocycles. The zero-order chi connectivity index (χ0) is 21.3. The van der Waals surface area contributed by atoms with E-state index in [4.69, 9.17) is 21.1 Å². The summed E-state index contributed by atoms with van der Waals surface area (Å²) in [6, 6.07) is 12.5. The van der Waals surface area contributed by atoms with E-state index in [-0.39, 0.29) is 25.0 Å². The molecule has 0 atom stereocenters. The maximum Gasteiger partial charge on any atom is 0.265 e. The second-order valence-corrected chi connectivity index (χ2v) is 8.22. The normalized spacial score (nSPS) is 12.9. The summed E-state index contributed by atoms with van der Waals surface area (Å²) in [5.74, 6) is 0.606. The van der Waals surface area contributed by atoms with Gasteiger partial charge in [0.15, 0.2) is 11.7 Å². The molecule has 0 spiro atoms. The van der Waals surface area contributed by atoms with Crippen LogP contribution in [0.4, 0.5) is 10.8 Å². The van der Waals surface area contributed by atoms with E-state index in [1.165, 1.54) is 16.2 Å². The zero-order valence-electron chi connectivity index (χ0n) is 16.3. The summed E-state index contributed by atoms with van der Waals surface area (Å²) in [5, 5.41) is 3.71. The van der Waals surface area contributed by atoms with Crippen molar-refractivity contribution in [2.75, 3.05) is 30.5 Å². The molecule has 4 rings (SSSR count). The molecule has 9 heteroatoms. The molecule has 2 amide bonds. The maximum absolute atomic E-state index is 12.6. The van der Waals surface area contributed by atoms with Crippen molar-refractivity contribution in [2.45, 2.75) is 6.92 Å². The number of anilines is 2. The first-order valence-corrected chi connectivity index (χ1v) is 10.3. The Balaban J connectivity index is 1.50. The van der Waals surface area contributed by atoms with Crippen LogP contribution in [0.3, 0.4) is 0 Å². The second kappa shape index (κ2) is 8.33. The van der Waals surface area contributed by atoms with Crippen LogP contribution in [0.1, 0.15) is 4.88 Å². The van der Waals surface area contributed by atoms with Gasteiger partial charge in [-0.2, -0.15) is 0 Å². The van der Waals surface area contributed by atoms with Crippen molar-refractivity contribution in [3.63, 3.8) is 0 Å². The van der Waals surface area contributed by atoms with E-state index in [1.807, 2.05) is 31.2 Å². The van der Waals surface area contributed by atoms with Crippen LogP contribution in [0.5, 0.6) is 11.5 Å². The fourth-order valence-corrected chi connectivity index (χ4v) is 4.14. The number of nitrogens with one attached hydrogen (secondary N) is 1. The lowest BCUT2D eigenvalue weighted by molar-refractivity contribution is -0.123. The van der Waals surface area contributed by atoms with Crippen LogP contribution < -0.4 is 19.7 Å². The number of aryl methyl sites for hydroxylation is 1. The highest BCUT2D eigenvalue weighted by atomic mass is 35.5. The monoisotopic (exact) mass is 443 g/mol. The zero-order valence-corrected chi connectivity index (χ0v) is 17.8. The van der Waals surface area contributed by atoms with Crippen LogP contribution in [0.25, 0.3) is 11.3 Å². The van der Waals surface area contributed by atoms with Crippen LogP contribution in [-0.2, 0) is 9.59 Å². The number of aromatic nitrogens is 1. The molecule has 30 heavy (non-hydrogen) atoms. The predicted molar refractivity (Wildman–Crippen MR) is 117 cm³/mol. The van der Waals surface area contributed by atoms with E-state index < -0.39 is 0 Å². The molecule has 1 aliphatic heterocycles. The summed E-state index contributed by atoms with van der Waals surface area (Å²) in [4.78, 5) is 31.8. The molecule has 0 radical (unpaired) electrons. The number of hydrogen-bond acceptors (Lipinski definition) is 6. The Bertz CT molecular complexity index is 1110. The number of nitrogens with zero attached hydrogens (tertiary/aromatic N) is 2.